The van der Waals surface area contributed by atoms with Crippen LogP contribution in [0.4, 0.5) is 0 Å². The number of aromatic hydroxyl groups is 1. The molecule has 0 saturated carbocycles. The molecule has 0 spiro atoms. The summed E-state index contributed by atoms with van der Waals surface area (Å²) in [5.74, 6) is 1.91. The first-order valence-corrected chi connectivity index (χ1v) is 7.04. The lowest BCUT2D eigenvalue weighted by molar-refractivity contribution is 0.290. The van der Waals surface area contributed by atoms with Crippen molar-refractivity contribution in [2.24, 2.45) is 0 Å². The van der Waals surface area contributed by atoms with Crippen LogP contribution < -0.4 is 9.47 Å². The number of phenolic OH excluding ortho intramolecular Hbond substituents is 1. The summed E-state index contributed by atoms with van der Waals surface area (Å²) >= 11 is 0. The van der Waals surface area contributed by atoms with Crippen molar-refractivity contribution >= 4 is 0 Å². The highest BCUT2D eigenvalue weighted by Gasteiger charge is 2.08. The van der Waals surface area contributed by atoms with E-state index in [4.69, 9.17) is 9.47 Å². The summed E-state index contributed by atoms with van der Waals surface area (Å²) in [6.45, 7) is 0.441. The molecule has 0 bridgehead atoms. The molecule has 0 unspecified atom stereocenters. The second-order valence-corrected chi connectivity index (χ2v) is 4.82. The van der Waals surface area contributed by atoms with Crippen molar-refractivity contribution in [1.82, 2.24) is 0 Å². The van der Waals surface area contributed by atoms with Gasteiger partial charge in [0.2, 0.25) is 0 Å². The van der Waals surface area contributed by atoms with E-state index in [1.807, 2.05) is 60.7 Å². The van der Waals surface area contributed by atoms with Crippen LogP contribution in [0.2, 0.25) is 0 Å². The van der Waals surface area contributed by atoms with E-state index in [1.165, 1.54) is 0 Å². The van der Waals surface area contributed by atoms with Gasteiger partial charge in [0.05, 0.1) is 0 Å². The second kappa shape index (κ2) is 6.68. The zero-order valence-corrected chi connectivity index (χ0v) is 12.0. The highest BCUT2D eigenvalue weighted by molar-refractivity contribution is 5.47. The van der Waals surface area contributed by atoms with Gasteiger partial charge in [0.25, 0.3) is 0 Å². The van der Waals surface area contributed by atoms with E-state index in [1.54, 1.807) is 18.2 Å². The van der Waals surface area contributed by atoms with E-state index in [0.717, 1.165) is 5.56 Å². The van der Waals surface area contributed by atoms with Crippen molar-refractivity contribution in [1.29, 1.82) is 0 Å². The molecular formula is C19H16O3. The molecule has 3 aromatic rings. The largest absolute Gasteiger partial charge is 0.508 e. The Balaban J connectivity index is 1.78. The lowest BCUT2D eigenvalue weighted by Gasteiger charge is -2.13. The van der Waals surface area contributed by atoms with E-state index in [9.17, 15) is 5.11 Å². The minimum atomic E-state index is 0.137. The molecule has 0 aliphatic heterocycles. The summed E-state index contributed by atoms with van der Waals surface area (Å²) in [5, 5.41) is 9.67. The molecule has 3 rings (SSSR count). The topological polar surface area (TPSA) is 38.7 Å². The van der Waals surface area contributed by atoms with Gasteiger partial charge < -0.3 is 14.6 Å². The number of phenols is 1. The molecule has 0 aliphatic carbocycles. The van der Waals surface area contributed by atoms with Gasteiger partial charge >= 0.3 is 0 Å². The average Bonchev–Trinajstić information content (AvgIpc) is 2.56. The van der Waals surface area contributed by atoms with Crippen molar-refractivity contribution in [3.05, 3.63) is 84.4 Å². The van der Waals surface area contributed by atoms with Crippen molar-refractivity contribution < 1.29 is 14.6 Å². The van der Waals surface area contributed by atoms with Gasteiger partial charge in [-0.25, -0.2) is 0 Å². The number of para-hydroxylation sites is 1. The molecule has 0 saturated heterocycles. The van der Waals surface area contributed by atoms with Gasteiger partial charge in [0.1, 0.15) is 18.1 Å². The average molecular weight is 292 g/mol. The predicted octanol–water partition coefficient (Wildman–Crippen LogP) is 4.76. The van der Waals surface area contributed by atoms with Crippen LogP contribution in [0.25, 0.3) is 0 Å². The smallest absolute Gasteiger partial charge is 0.172 e. The highest BCUT2D eigenvalue weighted by atomic mass is 16.5. The van der Waals surface area contributed by atoms with Crippen molar-refractivity contribution in [2.75, 3.05) is 0 Å². The monoisotopic (exact) mass is 292 g/mol. The SMILES string of the molecule is Oc1ccc(OCc2ccccc2)c(Oc2ccccc2)c1. The maximum absolute atomic E-state index is 9.67. The quantitative estimate of drug-likeness (QED) is 0.736. The third kappa shape index (κ3) is 3.58. The first-order valence-electron chi connectivity index (χ1n) is 7.04. The number of hydrogen-bond donors (Lipinski definition) is 1. The Morgan fingerprint density at radius 3 is 2.14 bits per heavy atom. The number of benzene rings is 3. The molecule has 0 radical (unpaired) electrons. The lowest BCUT2D eigenvalue weighted by Crippen LogP contribution is -1.97. The van der Waals surface area contributed by atoms with Crippen LogP contribution in [0.15, 0.2) is 78.9 Å². The Kier molecular flexibility index (Phi) is 4.25. The molecule has 3 aromatic carbocycles. The fraction of sp³-hybridized carbons (Fsp3) is 0.0526. The van der Waals surface area contributed by atoms with Gasteiger partial charge in [-0.1, -0.05) is 48.5 Å². The zero-order chi connectivity index (χ0) is 15.2. The highest BCUT2D eigenvalue weighted by Crippen LogP contribution is 2.35. The number of hydrogen-bond acceptors (Lipinski definition) is 3. The summed E-state index contributed by atoms with van der Waals surface area (Å²) in [7, 11) is 0. The van der Waals surface area contributed by atoms with Gasteiger partial charge in [-0.15, -0.1) is 0 Å². The lowest BCUT2D eigenvalue weighted by atomic mass is 10.2. The minimum Gasteiger partial charge on any atom is -0.508 e. The third-order valence-electron chi connectivity index (χ3n) is 3.14. The number of rotatable bonds is 5. The van der Waals surface area contributed by atoms with E-state index in [-0.39, 0.29) is 5.75 Å². The van der Waals surface area contributed by atoms with Crippen LogP contribution in [0.5, 0.6) is 23.0 Å². The molecule has 1 N–H and O–H groups in total. The van der Waals surface area contributed by atoms with Crippen molar-refractivity contribution in [2.45, 2.75) is 6.61 Å². The molecule has 3 nitrogen and oxygen atoms in total. The Bertz CT molecular complexity index is 724. The maximum atomic E-state index is 9.67. The fourth-order valence-corrected chi connectivity index (χ4v) is 2.05. The van der Waals surface area contributed by atoms with E-state index in [2.05, 4.69) is 0 Å². The Labute approximate surface area is 129 Å². The molecule has 0 amide bonds. The zero-order valence-electron chi connectivity index (χ0n) is 12.0. The molecule has 3 heteroatoms. The van der Waals surface area contributed by atoms with Gasteiger partial charge in [-0.3, -0.25) is 0 Å². The van der Waals surface area contributed by atoms with Crippen LogP contribution >= 0.6 is 0 Å². The molecule has 0 aliphatic rings. The van der Waals surface area contributed by atoms with E-state index >= 15 is 0 Å². The van der Waals surface area contributed by atoms with Crippen molar-refractivity contribution in [3.63, 3.8) is 0 Å². The van der Waals surface area contributed by atoms with Crippen molar-refractivity contribution in [3.8, 4) is 23.0 Å². The summed E-state index contributed by atoms with van der Waals surface area (Å²) in [6, 6.07) is 24.1. The molecule has 110 valence electrons. The van der Waals surface area contributed by atoms with Crippen LogP contribution in [0.3, 0.4) is 0 Å². The van der Waals surface area contributed by atoms with Crippen LogP contribution in [-0.2, 0) is 6.61 Å². The normalized spacial score (nSPS) is 10.2. The molecule has 0 fully saturated rings. The summed E-state index contributed by atoms with van der Waals surface area (Å²) in [4.78, 5) is 0. The molecule has 22 heavy (non-hydrogen) atoms. The Morgan fingerprint density at radius 1 is 0.727 bits per heavy atom. The van der Waals surface area contributed by atoms with Gasteiger partial charge in [0.15, 0.2) is 11.5 Å². The Hall–Kier alpha value is -2.94. The van der Waals surface area contributed by atoms with Gasteiger partial charge in [0, 0.05) is 6.07 Å². The van der Waals surface area contributed by atoms with Crippen LogP contribution in [0, 0.1) is 0 Å². The first-order chi connectivity index (χ1) is 10.8. The first kappa shape index (κ1) is 14.0. The minimum absolute atomic E-state index is 0.137. The molecule has 0 aromatic heterocycles. The molecule has 0 heterocycles. The standard InChI is InChI=1S/C19H16O3/c20-16-11-12-18(21-14-15-7-3-1-4-8-15)19(13-16)22-17-9-5-2-6-10-17/h1-13,20H,14H2. The van der Waals surface area contributed by atoms with E-state index < -0.39 is 0 Å². The summed E-state index contributed by atoms with van der Waals surface area (Å²) in [5.41, 5.74) is 1.07. The predicted molar refractivity (Wildman–Crippen MR) is 85.4 cm³/mol. The van der Waals surface area contributed by atoms with Crippen LogP contribution in [-0.4, -0.2) is 5.11 Å². The molecule has 0 atom stereocenters. The number of ether oxygens (including phenoxy) is 2. The van der Waals surface area contributed by atoms with Gasteiger partial charge in [-0.2, -0.15) is 0 Å². The molecular weight excluding hydrogens is 276 g/mol. The van der Waals surface area contributed by atoms with E-state index in [0.29, 0.717) is 23.9 Å². The third-order valence-corrected chi connectivity index (χ3v) is 3.14. The summed E-state index contributed by atoms with van der Waals surface area (Å²) < 4.78 is 11.6. The van der Waals surface area contributed by atoms with Crippen LogP contribution in [0.1, 0.15) is 5.56 Å². The van der Waals surface area contributed by atoms with Gasteiger partial charge in [-0.05, 0) is 29.8 Å². The maximum Gasteiger partial charge on any atom is 0.172 e. The second-order valence-electron chi connectivity index (χ2n) is 4.82. The fourth-order valence-electron chi connectivity index (χ4n) is 2.05. The Morgan fingerprint density at radius 2 is 1.41 bits per heavy atom. The summed E-state index contributed by atoms with van der Waals surface area (Å²) in [6.07, 6.45) is 0.